The minimum atomic E-state index is -0.338. The third-order valence-corrected chi connectivity index (χ3v) is 3.14. The molecule has 0 unspecified atom stereocenters. The smallest absolute Gasteiger partial charge is 0.330 e. The summed E-state index contributed by atoms with van der Waals surface area (Å²) in [6.07, 6.45) is 3.20. The van der Waals surface area contributed by atoms with Crippen LogP contribution in [0.2, 0.25) is 0 Å². The number of esters is 1. The molecule has 1 heterocycles. The zero-order valence-electron chi connectivity index (χ0n) is 12.9. The van der Waals surface area contributed by atoms with Gasteiger partial charge in [0.1, 0.15) is 0 Å². The van der Waals surface area contributed by atoms with Crippen molar-refractivity contribution in [1.29, 1.82) is 0 Å². The Bertz CT molecular complexity index is 690. The lowest BCUT2D eigenvalue weighted by Gasteiger charge is -2.16. The molecule has 4 heteroatoms. The molecule has 110 valence electrons. The highest BCUT2D eigenvalue weighted by Gasteiger charge is 2.08. The van der Waals surface area contributed by atoms with Gasteiger partial charge in [0.25, 0.3) is 0 Å². The van der Waals surface area contributed by atoms with E-state index in [1.165, 1.54) is 6.08 Å². The molecule has 21 heavy (non-hydrogen) atoms. The van der Waals surface area contributed by atoms with Gasteiger partial charge in [-0.15, -0.1) is 0 Å². The highest BCUT2D eigenvalue weighted by Crippen LogP contribution is 2.28. The maximum atomic E-state index is 11.5. The molecular formula is C17H20N2O2. The van der Waals surface area contributed by atoms with Gasteiger partial charge in [-0.1, -0.05) is 18.2 Å². The minimum Gasteiger partial charge on any atom is -0.463 e. The van der Waals surface area contributed by atoms with Gasteiger partial charge in [-0.2, -0.15) is 0 Å². The minimum absolute atomic E-state index is 0.338. The molecule has 1 aromatic carbocycles. The predicted molar refractivity (Wildman–Crippen MR) is 86.5 cm³/mol. The number of hydrogen-bond acceptors (Lipinski definition) is 4. The summed E-state index contributed by atoms with van der Waals surface area (Å²) in [6, 6.07) is 8.01. The molecule has 4 nitrogen and oxygen atoms in total. The van der Waals surface area contributed by atoms with Gasteiger partial charge in [0.2, 0.25) is 0 Å². The van der Waals surface area contributed by atoms with Crippen molar-refractivity contribution < 1.29 is 9.53 Å². The molecule has 2 rings (SSSR count). The number of ether oxygens (including phenoxy) is 1. The zero-order valence-corrected chi connectivity index (χ0v) is 12.9. The molecule has 0 atom stereocenters. The van der Waals surface area contributed by atoms with Gasteiger partial charge in [-0.3, -0.25) is 4.98 Å². The molecule has 0 aliphatic heterocycles. The van der Waals surface area contributed by atoms with Crippen LogP contribution in [-0.4, -0.2) is 31.7 Å². The largest absolute Gasteiger partial charge is 0.463 e. The summed E-state index contributed by atoms with van der Waals surface area (Å²) in [5.74, 6) is -0.338. The molecule has 0 aliphatic carbocycles. The lowest BCUT2D eigenvalue weighted by atomic mass is 10.1. The third-order valence-electron chi connectivity index (χ3n) is 3.14. The molecule has 1 aromatic heterocycles. The van der Waals surface area contributed by atoms with Gasteiger partial charge < -0.3 is 9.64 Å². The predicted octanol–water partition coefficient (Wildman–Crippen LogP) is 3.19. The molecule has 2 aromatic rings. The van der Waals surface area contributed by atoms with E-state index in [0.29, 0.717) is 6.61 Å². The molecule has 0 amide bonds. The quantitative estimate of drug-likeness (QED) is 0.639. The van der Waals surface area contributed by atoms with Gasteiger partial charge in [-0.25, -0.2) is 4.79 Å². The van der Waals surface area contributed by atoms with Crippen molar-refractivity contribution in [3.8, 4) is 0 Å². The maximum absolute atomic E-state index is 11.5. The van der Waals surface area contributed by atoms with Crippen LogP contribution < -0.4 is 4.90 Å². The van der Waals surface area contributed by atoms with E-state index in [-0.39, 0.29) is 5.97 Å². The van der Waals surface area contributed by atoms with Crippen LogP contribution in [-0.2, 0) is 9.53 Å². The van der Waals surface area contributed by atoms with Crippen LogP contribution >= 0.6 is 0 Å². The van der Waals surface area contributed by atoms with E-state index >= 15 is 0 Å². The summed E-state index contributed by atoms with van der Waals surface area (Å²) >= 11 is 0. The topological polar surface area (TPSA) is 42.4 Å². The third kappa shape index (κ3) is 3.40. The zero-order chi connectivity index (χ0) is 15.4. The van der Waals surface area contributed by atoms with E-state index in [1.807, 2.05) is 39.2 Å². The number of aromatic nitrogens is 1. The number of carbonyl (C=O) groups is 1. The first kappa shape index (κ1) is 15.0. The average molecular weight is 284 g/mol. The fourth-order valence-corrected chi connectivity index (χ4v) is 2.23. The lowest BCUT2D eigenvalue weighted by molar-refractivity contribution is -0.137. The highest BCUT2D eigenvalue weighted by atomic mass is 16.5. The maximum Gasteiger partial charge on any atom is 0.330 e. The van der Waals surface area contributed by atoms with Gasteiger partial charge in [0.05, 0.1) is 12.1 Å². The molecule has 0 fully saturated rings. The van der Waals surface area contributed by atoms with E-state index in [4.69, 9.17) is 4.74 Å². The molecular weight excluding hydrogens is 264 g/mol. The summed E-state index contributed by atoms with van der Waals surface area (Å²) in [5, 5.41) is 1.07. The SMILES string of the molecule is CCOC(=O)/C=C/c1cccc2c(N(C)C)cc(C)nc12. The van der Waals surface area contributed by atoms with Crippen LogP contribution in [0.5, 0.6) is 0 Å². The summed E-state index contributed by atoms with van der Waals surface area (Å²) in [5.41, 5.74) is 3.86. The van der Waals surface area contributed by atoms with Crippen molar-refractivity contribution in [3.63, 3.8) is 0 Å². The van der Waals surface area contributed by atoms with Crippen LogP contribution in [0.15, 0.2) is 30.3 Å². The first-order chi connectivity index (χ1) is 10.0. The Kier molecular flexibility index (Phi) is 4.58. The second-order valence-electron chi connectivity index (χ2n) is 5.01. The number of benzene rings is 1. The molecule has 0 N–H and O–H groups in total. The van der Waals surface area contributed by atoms with Crippen molar-refractivity contribution in [2.45, 2.75) is 13.8 Å². The number of rotatable bonds is 4. The Morgan fingerprint density at radius 3 is 2.81 bits per heavy atom. The lowest BCUT2D eigenvalue weighted by Crippen LogP contribution is -2.10. The number of fused-ring (bicyclic) bond motifs is 1. The Balaban J connectivity index is 2.53. The summed E-state index contributed by atoms with van der Waals surface area (Å²) < 4.78 is 4.91. The van der Waals surface area contributed by atoms with Crippen molar-refractivity contribution >= 4 is 28.6 Å². The van der Waals surface area contributed by atoms with Crippen molar-refractivity contribution in [3.05, 3.63) is 41.6 Å². The monoisotopic (exact) mass is 284 g/mol. The van der Waals surface area contributed by atoms with E-state index in [9.17, 15) is 4.79 Å². The van der Waals surface area contributed by atoms with Crippen LogP contribution in [0.1, 0.15) is 18.2 Å². The molecule has 0 bridgehead atoms. The van der Waals surface area contributed by atoms with Crippen molar-refractivity contribution in [2.75, 3.05) is 25.6 Å². The summed E-state index contributed by atoms with van der Waals surface area (Å²) in [7, 11) is 4.02. The fourth-order valence-electron chi connectivity index (χ4n) is 2.23. The second-order valence-corrected chi connectivity index (χ2v) is 5.01. The Morgan fingerprint density at radius 2 is 2.14 bits per heavy atom. The van der Waals surface area contributed by atoms with Gasteiger partial charge in [0.15, 0.2) is 0 Å². The van der Waals surface area contributed by atoms with E-state index < -0.39 is 0 Å². The van der Waals surface area contributed by atoms with E-state index in [2.05, 4.69) is 16.0 Å². The Morgan fingerprint density at radius 1 is 1.38 bits per heavy atom. The summed E-state index contributed by atoms with van der Waals surface area (Å²) in [4.78, 5) is 18.1. The number of hydrogen-bond donors (Lipinski definition) is 0. The van der Waals surface area contributed by atoms with Crippen molar-refractivity contribution in [2.24, 2.45) is 0 Å². The van der Waals surface area contributed by atoms with Crippen LogP contribution in [0.25, 0.3) is 17.0 Å². The fraction of sp³-hybridized carbons (Fsp3) is 0.294. The van der Waals surface area contributed by atoms with Crippen LogP contribution in [0, 0.1) is 6.92 Å². The number of aryl methyl sites for hydroxylation is 1. The Hall–Kier alpha value is -2.36. The normalized spacial score (nSPS) is 11.0. The Labute approximate surface area is 125 Å². The van der Waals surface area contributed by atoms with E-state index in [1.54, 1.807) is 13.0 Å². The van der Waals surface area contributed by atoms with Gasteiger partial charge >= 0.3 is 5.97 Å². The number of nitrogens with zero attached hydrogens (tertiary/aromatic N) is 2. The number of para-hydroxylation sites is 1. The van der Waals surface area contributed by atoms with Crippen molar-refractivity contribution in [1.82, 2.24) is 4.98 Å². The summed E-state index contributed by atoms with van der Waals surface area (Å²) in [6.45, 7) is 4.14. The molecule has 0 saturated heterocycles. The molecule has 0 saturated carbocycles. The number of carbonyl (C=O) groups excluding carboxylic acids is 1. The van der Waals surface area contributed by atoms with Gasteiger partial charge in [-0.05, 0) is 26.0 Å². The highest BCUT2D eigenvalue weighted by molar-refractivity contribution is 5.98. The van der Waals surface area contributed by atoms with Crippen LogP contribution in [0.4, 0.5) is 5.69 Å². The standard InChI is InChI=1S/C17H20N2O2/c1-5-21-16(20)10-9-13-7-6-8-14-15(19(3)4)11-12(2)18-17(13)14/h6-11H,5H2,1-4H3/b10-9+. The first-order valence-electron chi connectivity index (χ1n) is 6.95. The molecule has 0 aliphatic rings. The van der Waals surface area contributed by atoms with Crippen LogP contribution in [0.3, 0.4) is 0 Å². The molecule has 0 spiro atoms. The second kappa shape index (κ2) is 6.39. The van der Waals surface area contributed by atoms with E-state index in [0.717, 1.165) is 27.8 Å². The molecule has 0 radical (unpaired) electrons. The average Bonchev–Trinajstić information content (AvgIpc) is 2.44. The number of anilines is 1. The number of pyridine rings is 1. The van der Waals surface area contributed by atoms with Gasteiger partial charge in [0, 0.05) is 42.5 Å². The first-order valence-corrected chi connectivity index (χ1v) is 6.95.